The monoisotopic (exact) mass is 536 g/mol. The van der Waals surface area contributed by atoms with Gasteiger partial charge in [-0.3, -0.25) is 9.59 Å². The van der Waals surface area contributed by atoms with Gasteiger partial charge in [0.05, 0.1) is 12.5 Å². The number of nitrogens with one attached hydrogen (secondary N) is 2. The fraction of sp³-hybridized carbons (Fsp3) is 0.182. The van der Waals surface area contributed by atoms with Crippen molar-refractivity contribution >= 4 is 17.8 Å². The molecule has 2 amide bonds. The van der Waals surface area contributed by atoms with Gasteiger partial charge < -0.3 is 20.5 Å². The minimum absolute atomic E-state index is 0.0118. The molecule has 0 aromatic heterocycles. The molecule has 3 N–H and O–H groups in total. The summed E-state index contributed by atoms with van der Waals surface area (Å²) in [5.41, 5.74) is 2.79. The van der Waals surface area contributed by atoms with E-state index in [1.807, 2.05) is 66.7 Å². The van der Waals surface area contributed by atoms with Crippen LogP contribution in [0.4, 0.5) is 0 Å². The average molecular weight is 537 g/mol. The van der Waals surface area contributed by atoms with Gasteiger partial charge in [-0.05, 0) is 35.7 Å². The van der Waals surface area contributed by atoms with Gasteiger partial charge in [0, 0.05) is 17.5 Å². The van der Waals surface area contributed by atoms with E-state index in [4.69, 9.17) is 4.74 Å². The van der Waals surface area contributed by atoms with Crippen molar-refractivity contribution in [3.05, 3.63) is 138 Å². The summed E-state index contributed by atoms with van der Waals surface area (Å²) in [6, 6.07) is 32.9. The maximum Gasteiger partial charge on any atom is 0.329 e. The molecule has 0 aliphatic heterocycles. The van der Waals surface area contributed by atoms with Crippen LogP contribution in [0.1, 0.15) is 27.0 Å². The summed E-state index contributed by atoms with van der Waals surface area (Å²) in [6.45, 7) is -0.0765. The van der Waals surface area contributed by atoms with Crippen LogP contribution >= 0.6 is 0 Å². The molecule has 0 saturated heterocycles. The lowest BCUT2D eigenvalue weighted by Crippen LogP contribution is -2.46. The molecule has 0 fully saturated rings. The minimum atomic E-state index is -0.956. The number of phenolic OH excluding ortho intramolecular Hbond substituents is 1. The third-order valence-electron chi connectivity index (χ3n) is 6.37. The Morgan fingerprint density at radius 1 is 0.675 bits per heavy atom. The Morgan fingerprint density at radius 3 is 1.85 bits per heavy atom. The topological polar surface area (TPSA) is 105 Å². The Hall–Kier alpha value is -4.91. The molecular formula is C33H32N2O5. The molecule has 0 aliphatic carbocycles. The lowest BCUT2D eigenvalue weighted by molar-refractivity contribution is -0.148. The van der Waals surface area contributed by atoms with Crippen molar-refractivity contribution in [2.45, 2.75) is 31.3 Å². The van der Waals surface area contributed by atoms with Crippen LogP contribution in [0.25, 0.3) is 0 Å². The zero-order chi connectivity index (χ0) is 28.2. The number of esters is 1. The first-order valence-corrected chi connectivity index (χ1v) is 13.1. The Labute approximate surface area is 233 Å². The van der Waals surface area contributed by atoms with Crippen molar-refractivity contribution in [3.63, 3.8) is 0 Å². The Bertz CT molecular complexity index is 1390. The van der Waals surface area contributed by atoms with Crippen molar-refractivity contribution in [2.75, 3.05) is 6.61 Å². The standard InChI is InChI=1S/C33H32N2O5/c36-30-19-11-10-18-27(30)22-31(37)35-29(21-25-14-6-2-7-15-25)33(39)40-23-28(20-24-12-4-1-5-13-24)34-32(38)26-16-8-3-9-17-26/h1-19,28-29,36H,20-23H2,(H,34,38)(H,35,37)/t28-,29+/m1/s1. The number of para-hydroxylation sites is 1. The Kier molecular flexibility index (Phi) is 10.0. The highest BCUT2D eigenvalue weighted by atomic mass is 16.5. The van der Waals surface area contributed by atoms with Gasteiger partial charge in [-0.2, -0.15) is 0 Å². The predicted molar refractivity (Wildman–Crippen MR) is 153 cm³/mol. The lowest BCUT2D eigenvalue weighted by atomic mass is 10.0. The molecule has 0 heterocycles. The molecule has 0 saturated carbocycles. The highest BCUT2D eigenvalue weighted by molar-refractivity contribution is 5.94. The van der Waals surface area contributed by atoms with Gasteiger partial charge in [0.25, 0.3) is 5.91 Å². The van der Waals surface area contributed by atoms with Crippen LogP contribution in [0.15, 0.2) is 115 Å². The van der Waals surface area contributed by atoms with E-state index in [9.17, 15) is 19.5 Å². The van der Waals surface area contributed by atoms with Crippen molar-refractivity contribution in [1.82, 2.24) is 10.6 Å². The van der Waals surface area contributed by atoms with Crippen LogP contribution in [0.2, 0.25) is 0 Å². The van der Waals surface area contributed by atoms with E-state index in [1.54, 1.807) is 42.5 Å². The highest BCUT2D eigenvalue weighted by Gasteiger charge is 2.25. The highest BCUT2D eigenvalue weighted by Crippen LogP contribution is 2.16. The largest absolute Gasteiger partial charge is 0.508 e. The first kappa shape index (κ1) is 28.1. The Morgan fingerprint density at radius 2 is 1.23 bits per heavy atom. The number of carbonyl (C=O) groups excluding carboxylic acids is 3. The smallest absolute Gasteiger partial charge is 0.329 e. The SMILES string of the molecule is O=C(Cc1ccccc1O)N[C@@H](Cc1ccccc1)C(=O)OC[C@@H](Cc1ccccc1)NC(=O)c1ccccc1. The molecular weight excluding hydrogens is 504 g/mol. The summed E-state index contributed by atoms with van der Waals surface area (Å²) in [6.07, 6.45) is 0.594. The van der Waals surface area contributed by atoms with Crippen molar-refractivity contribution in [1.29, 1.82) is 0 Å². The van der Waals surface area contributed by atoms with Crippen molar-refractivity contribution in [3.8, 4) is 5.75 Å². The summed E-state index contributed by atoms with van der Waals surface area (Å²) < 4.78 is 5.70. The van der Waals surface area contributed by atoms with Crippen LogP contribution in [-0.2, 0) is 33.6 Å². The van der Waals surface area contributed by atoms with Crippen molar-refractivity contribution in [2.24, 2.45) is 0 Å². The maximum atomic E-state index is 13.3. The summed E-state index contributed by atoms with van der Waals surface area (Å²) in [7, 11) is 0. The van der Waals surface area contributed by atoms with E-state index in [1.165, 1.54) is 6.07 Å². The zero-order valence-corrected chi connectivity index (χ0v) is 22.0. The summed E-state index contributed by atoms with van der Waals surface area (Å²) in [5.74, 6) is -1.29. The predicted octanol–water partition coefficient (Wildman–Crippen LogP) is 4.25. The number of rotatable bonds is 12. The van der Waals surface area contributed by atoms with E-state index in [-0.39, 0.29) is 31.1 Å². The molecule has 0 bridgehead atoms. The number of ether oxygens (including phenoxy) is 1. The number of benzene rings is 4. The fourth-order valence-electron chi connectivity index (χ4n) is 4.31. The van der Waals surface area contributed by atoms with E-state index in [0.717, 1.165) is 11.1 Å². The van der Waals surface area contributed by atoms with Gasteiger partial charge >= 0.3 is 5.97 Å². The van der Waals surface area contributed by atoms with Gasteiger partial charge in [-0.25, -0.2) is 4.79 Å². The van der Waals surface area contributed by atoms with Crippen LogP contribution in [0.3, 0.4) is 0 Å². The number of hydrogen-bond donors (Lipinski definition) is 3. The van der Waals surface area contributed by atoms with Crippen LogP contribution in [-0.4, -0.2) is 41.6 Å². The molecule has 204 valence electrons. The number of hydrogen-bond acceptors (Lipinski definition) is 5. The maximum absolute atomic E-state index is 13.3. The van der Waals surface area contributed by atoms with Crippen LogP contribution in [0, 0.1) is 0 Å². The quantitative estimate of drug-likeness (QED) is 0.235. The van der Waals surface area contributed by atoms with Crippen LogP contribution in [0.5, 0.6) is 5.75 Å². The van der Waals surface area contributed by atoms with Gasteiger partial charge in [-0.1, -0.05) is 97.1 Å². The molecule has 0 unspecified atom stereocenters. The third kappa shape index (κ3) is 8.56. The lowest BCUT2D eigenvalue weighted by Gasteiger charge is -2.22. The number of carbonyl (C=O) groups is 3. The van der Waals surface area contributed by atoms with E-state index >= 15 is 0 Å². The molecule has 40 heavy (non-hydrogen) atoms. The van der Waals surface area contributed by atoms with E-state index in [2.05, 4.69) is 10.6 Å². The molecule has 0 spiro atoms. The van der Waals surface area contributed by atoms with E-state index < -0.39 is 24.0 Å². The second-order valence-electron chi connectivity index (χ2n) is 9.47. The number of aromatic hydroxyl groups is 1. The van der Waals surface area contributed by atoms with E-state index in [0.29, 0.717) is 17.5 Å². The zero-order valence-electron chi connectivity index (χ0n) is 22.0. The molecule has 4 aromatic rings. The molecule has 7 nitrogen and oxygen atoms in total. The fourth-order valence-corrected chi connectivity index (χ4v) is 4.31. The molecule has 0 radical (unpaired) electrons. The number of phenols is 1. The molecule has 2 atom stereocenters. The molecule has 7 heteroatoms. The van der Waals surface area contributed by atoms with Crippen molar-refractivity contribution < 1.29 is 24.2 Å². The Balaban J connectivity index is 1.46. The third-order valence-corrected chi connectivity index (χ3v) is 6.37. The summed E-state index contributed by atoms with van der Waals surface area (Å²) in [5, 5.41) is 15.8. The van der Waals surface area contributed by atoms with Gasteiger partial charge in [-0.15, -0.1) is 0 Å². The van der Waals surface area contributed by atoms with Gasteiger partial charge in [0.15, 0.2) is 0 Å². The first-order valence-electron chi connectivity index (χ1n) is 13.1. The van der Waals surface area contributed by atoms with Gasteiger partial charge in [0.1, 0.15) is 18.4 Å². The van der Waals surface area contributed by atoms with Gasteiger partial charge in [0.2, 0.25) is 5.91 Å². The summed E-state index contributed by atoms with van der Waals surface area (Å²) >= 11 is 0. The average Bonchev–Trinajstić information content (AvgIpc) is 2.98. The minimum Gasteiger partial charge on any atom is -0.508 e. The first-order chi connectivity index (χ1) is 19.5. The van der Waals surface area contributed by atoms with Crippen LogP contribution < -0.4 is 10.6 Å². The molecule has 0 aliphatic rings. The normalized spacial score (nSPS) is 12.1. The molecule has 4 rings (SSSR count). The molecule has 4 aromatic carbocycles. The second-order valence-corrected chi connectivity index (χ2v) is 9.47. The summed E-state index contributed by atoms with van der Waals surface area (Å²) in [4.78, 5) is 39.1. The number of amides is 2. The second kappa shape index (κ2) is 14.3.